The van der Waals surface area contributed by atoms with E-state index in [1.54, 1.807) is 18.1 Å². The molecular weight excluding hydrogens is 264 g/mol. The smallest absolute Gasteiger partial charge is 0.249 e. The van der Waals surface area contributed by atoms with Crippen LogP contribution in [0.3, 0.4) is 0 Å². The number of rotatable bonds is 3. The Bertz CT molecular complexity index is 418. The van der Waals surface area contributed by atoms with E-state index in [9.17, 15) is 13.8 Å². The first kappa shape index (κ1) is 14.5. The number of amides is 2. The molecule has 108 valence electrons. The zero-order chi connectivity index (χ0) is 14.2. The summed E-state index contributed by atoms with van der Waals surface area (Å²) in [6, 6.07) is -0.644. The van der Waals surface area contributed by atoms with Crippen molar-refractivity contribution in [2.75, 3.05) is 12.0 Å². The lowest BCUT2D eigenvalue weighted by molar-refractivity contribution is -0.156. The Balaban J connectivity index is 2.26. The van der Waals surface area contributed by atoms with Crippen LogP contribution in [0.2, 0.25) is 0 Å². The van der Waals surface area contributed by atoms with Crippen LogP contribution in [0.15, 0.2) is 0 Å². The summed E-state index contributed by atoms with van der Waals surface area (Å²) in [6.45, 7) is 3.61. The Morgan fingerprint density at radius 1 is 1.42 bits per heavy atom. The van der Waals surface area contributed by atoms with Gasteiger partial charge in [0.05, 0.1) is 0 Å². The van der Waals surface area contributed by atoms with Gasteiger partial charge < -0.3 is 10.2 Å². The van der Waals surface area contributed by atoms with Crippen LogP contribution in [0, 0.1) is 0 Å². The van der Waals surface area contributed by atoms with E-state index >= 15 is 0 Å². The molecule has 3 atom stereocenters. The number of piperazine rings is 1. The summed E-state index contributed by atoms with van der Waals surface area (Å²) >= 11 is 0. The molecule has 1 saturated carbocycles. The Morgan fingerprint density at radius 3 is 2.53 bits per heavy atom. The summed E-state index contributed by atoms with van der Waals surface area (Å²) in [5.74, 6) is 0.338. The van der Waals surface area contributed by atoms with E-state index in [0.29, 0.717) is 5.75 Å². The third kappa shape index (κ3) is 2.55. The van der Waals surface area contributed by atoms with Crippen LogP contribution in [0.4, 0.5) is 0 Å². The summed E-state index contributed by atoms with van der Waals surface area (Å²) in [4.78, 5) is 26.5. The largest absolute Gasteiger partial charge is 0.340 e. The van der Waals surface area contributed by atoms with Crippen LogP contribution < -0.4 is 5.32 Å². The van der Waals surface area contributed by atoms with E-state index in [1.807, 2.05) is 6.92 Å². The molecule has 1 aliphatic carbocycles. The van der Waals surface area contributed by atoms with Crippen LogP contribution in [0.1, 0.15) is 39.5 Å². The van der Waals surface area contributed by atoms with Gasteiger partial charge in [0.25, 0.3) is 0 Å². The van der Waals surface area contributed by atoms with E-state index in [-0.39, 0.29) is 17.9 Å². The molecule has 1 heterocycles. The van der Waals surface area contributed by atoms with E-state index in [1.165, 1.54) is 0 Å². The van der Waals surface area contributed by atoms with Gasteiger partial charge >= 0.3 is 0 Å². The number of hydrogen-bond donors (Lipinski definition) is 1. The summed E-state index contributed by atoms with van der Waals surface area (Å²) in [5.41, 5.74) is -0.687. The van der Waals surface area contributed by atoms with Crippen molar-refractivity contribution < 1.29 is 13.8 Å². The van der Waals surface area contributed by atoms with Crippen molar-refractivity contribution in [2.45, 2.75) is 57.2 Å². The van der Waals surface area contributed by atoms with Gasteiger partial charge in [-0.3, -0.25) is 13.8 Å². The maximum atomic E-state index is 12.7. The lowest BCUT2D eigenvalue weighted by atomic mass is 9.90. The highest BCUT2D eigenvalue weighted by atomic mass is 32.2. The Kier molecular flexibility index (Phi) is 3.99. The molecule has 5 nitrogen and oxygen atoms in total. The highest BCUT2D eigenvalue weighted by Gasteiger charge is 2.51. The molecule has 2 fully saturated rings. The van der Waals surface area contributed by atoms with Crippen molar-refractivity contribution >= 4 is 22.6 Å². The predicted molar refractivity (Wildman–Crippen MR) is 74.0 cm³/mol. The molecule has 3 unspecified atom stereocenters. The van der Waals surface area contributed by atoms with Gasteiger partial charge in [0.1, 0.15) is 11.6 Å². The molecule has 2 amide bonds. The second kappa shape index (κ2) is 5.23. The number of carbonyl (C=O) groups is 2. The van der Waals surface area contributed by atoms with Crippen molar-refractivity contribution in [1.29, 1.82) is 0 Å². The lowest BCUT2D eigenvalue weighted by Crippen LogP contribution is -2.70. The molecular formula is C13H22N2O3S. The van der Waals surface area contributed by atoms with Crippen LogP contribution in [0.25, 0.3) is 0 Å². The summed E-state index contributed by atoms with van der Waals surface area (Å²) < 4.78 is 11.4. The van der Waals surface area contributed by atoms with Gasteiger partial charge in [-0.05, 0) is 26.7 Å². The quantitative estimate of drug-likeness (QED) is 0.817. The molecule has 0 aromatic carbocycles. The minimum Gasteiger partial charge on any atom is -0.340 e. The zero-order valence-electron chi connectivity index (χ0n) is 11.8. The van der Waals surface area contributed by atoms with Gasteiger partial charge in [0.15, 0.2) is 0 Å². The van der Waals surface area contributed by atoms with Crippen LogP contribution >= 0.6 is 0 Å². The SMILES string of the molecule is CC(CS(C)=O)N1C(=O)C2(CCCC2)NC(=O)C1C. The third-order valence-electron chi connectivity index (χ3n) is 4.21. The second-order valence-electron chi connectivity index (χ2n) is 5.76. The third-order valence-corrected chi connectivity index (χ3v) is 5.16. The summed E-state index contributed by atoms with van der Waals surface area (Å²) in [5, 5.41) is 2.92. The Hall–Kier alpha value is -0.910. The van der Waals surface area contributed by atoms with Gasteiger partial charge in [-0.2, -0.15) is 0 Å². The normalized spacial score (nSPS) is 29.4. The molecule has 6 heteroatoms. The highest BCUT2D eigenvalue weighted by Crippen LogP contribution is 2.35. The topological polar surface area (TPSA) is 66.5 Å². The molecule has 2 aliphatic rings. The van der Waals surface area contributed by atoms with E-state index in [4.69, 9.17) is 0 Å². The van der Waals surface area contributed by atoms with Crippen molar-refractivity contribution in [3.8, 4) is 0 Å². The van der Waals surface area contributed by atoms with Gasteiger partial charge in [0.2, 0.25) is 11.8 Å². The number of nitrogens with zero attached hydrogens (tertiary/aromatic N) is 1. The minimum absolute atomic E-state index is 0.00931. The lowest BCUT2D eigenvalue weighted by Gasteiger charge is -2.45. The van der Waals surface area contributed by atoms with Gasteiger partial charge in [-0.25, -0.2) is 0 Å². The monoisotopic (exact) mass is 286 g/mol. The summed E-state index contributed by atoms with van der Waals surface area (Å²) in [7, 11) is -0.977. The van der Waals surface area contributed by atoms with Gasteiger partial charge in [-0.15, -0.1) is 0 Å². The van der Waals surface area contributed by atoms with Crippen molar-refractivity contribution in [3.05, 3.63) is 0 Å². The maximum absolute atomic E-state index is 12.7. The average Bonchev–Trinajstić information content (AvgIpc) is 2.75. The zero-order valence-corrected chi connectivity index (χ0v) is 12.6. The fourth-order valence-corrected chi connectivity index (χ4v) is 4.10. The molecule has 0 radical (unpaired) electrons. The molecule has 1 saturated heterocycles. The fraction of sp³-hybridized carbons (Fsp3) is 0.846. The van der Waals surface area contributed by atoms with Crippen molar-refractivity contribution in [1.82, 2.24) is 10.2 Å². The maximum Gasteiger partial charge on any atom is 0.249 e. The average molecular weight is 286 g/mol. The standard InChI is InChI=1S/C13H22N2O3S/c1-9(8-19(3)18)15-10(2)11(16)14-13(12(15)17)6-4-5-7-13/h9-10H,4-8H2,1-3H3,(H,14,16). The van der Waals surface area contributed by atoms with Crippen LogP contribution in [0.5, 0.6) is 0 Å². The molecule has 0 bridgehead atoms. The van der Waals surface area contributed by atoms with Crippen LogP contribution in [-0.4, -0.2) is 50.6 Å². The Labute approximate surface area is 116 Å². The second-order valence-corrected chi connectivity index (χ2v) is 7.24. The molecule has 1 aliphatic heterocycles. The molecule has 1 spiro atoms. The first-order valence-corrected chi connectivity index (χ1v) is 8.55. The minimum atomic E-state index is -0.977. The van der Waals surface area contributed by atoms with Gasteiger partial charge in [0, 0.05) is 28.9 Å². The van der Waals surface area contributed by atoms with Crippen molar-refractivity contribution in [2.24, 2.45) is 0 Å². The van der Waals surface area contributed by atoms with E-state index in [0.717, 1.165) is 25.7 Å². The predicted octanol–water partition coefficient (Wildman–Crippen LogP) is 0.413. The molecule has 19 heavy (non-hydrogen) atoms. The van der Waals surface area contributed by atoms with E-state index < -0.39 is 22.4 Å². The summed E-state index contributed by atoms with van der Waals surface area (Å²) in [6.07, 6.45) is 5.02. The van der Waals surface area contributed by atoms with Crippen molar-refractivity contribution in [3.63, 3.8) is 0 Å². The number of nitrogens with one attached hydrogen (secondary N) is 1. The van der Waals surface area contributed by atoms with E-state index in [2.05, 4.69) is 5.32 Å². The first-order valence-electron chi connectivity index (χ1n) is 6.82. The molecule has 2 rings (SSSR count). The van der Waals surface area contributed by atoms with Crippen LogP contribution in [-0.2, 0) is 20.4 Å². The molecule has 1 N–H and O–H groups in total. The highest BCUT2D eigenvalue weighted by molar-refractivity contribution is 7.84. The first-order chi connectivity index (χ1) is 8.87. The Morgan fingerprint density at radius 2 is 2.00 bits per heavy atom. The van der Waals surface area contributed by atoms with Gasteiger partial charge in [-0.1, -0.05) is 12.8 Å². The number of hydrogen-bond acceptors (Lipinski definition) is 3. The molecule has 0 aromatic heterocycles. The fourth-order valence-electron chi connectivity index (χ4n) is 3.26. The number of carbonyl (C=O) groups excluding carboxylic acids is 2. The molecule has 0 aromatic rings.